The highest BCUT2D eigenvalue weighted by molar-refractivity contribution is 6.32. The Morgan fingerprint density at radius 2 is 2.00 bits per heavy atom. The SMILES string of the molecule is CC1=CN=C2C=NC=C(c3cccc(C(F)(F)F)c3)N2N1. The van der Waals surface area contributed by atoms with Gasteiger partial charge in [0.25, 0.3) is 0 Å². The Hall–Kier alpha value is -2.57. The Kier molecular flexibility index (Phi) is 3.04. The van der Waals surface area contributed by atoms with E-state index in [0.717, 1.165) is 17.8 Å². The number of allylic oxidation sites excluding steroid dienone is 1. The molecule has 108 valence electrons. The monoisotopic (exact) mass is 292 g/mol. The van der Waals surface area contributed by atoms with E-state index in [0.29, 0.717) is 17.1 Å². The smallest absolute Gasteiger partial charge is 0.295 e. The number of rotatable bonds is 1. The molecule has 0 aliphatic carbocycles. The fraction of sp³-hybridized carbons (Fsp3) is 0.143. The van der Waals surface area contributed by atoms with Crippen molar-refractivity contribution in [2.24, 2.45) is 9.98 Å². The van der Waals surface area contributed by atoms with Crippen molar-refractivity contribution in [3.05, 3.63) is 53.5 Å². The van der Waals surface area contributed by atoms with E-state index < -0.39 is 11.7 Å². The molecule has 1 aromatic carbocycles. The van der Waals surface area contributed by atoms with Gasteiger partial charge in [-0.15, -0.1) is 0 Å². The van der Waals surface area contributed by atoms with Crippen molar-refractivity contribution in [1.82, 2.24) is 10.4 Å². The van der Waals surface area contributed by atoms with Crippen LogP contribution in [0.25, 0.3) is 5.70 Å². The highest BCUT2D eigenvalue weighted by atomic mass is 19.4. The second kappa shape index (κ2) is 4.76. The molecule has 7 heteroatoms. The molecule has 0 aromatic heterocycles. The van der Waals surface area contributed by atoms with Crippen LogP contribution in [0.2, 0.25) is 0 Å². The van der Waals surface area contributed by atoms with Crippen LogP contribution in [0.3, 0.4) is 0 Å². The lowest BCUT2D eigenvalue weighted by Crippen LogP contribution is -2.44. The lowest BCUT2D eigenvalue weighted by molar-refractivity contribution is -0.137. The molecule has 2 heterocycles. The van der Waals surface area contributed by atoms with Gasteiger partial charge in [-0.25, -0.2) is 10.0 Å². The van der Waals surface area contributed by atoms with Crippen LogP contribution in [0.15, 0.2) is 52.3 Å². The van der Waals surface area contributed by atoms with Crippen LogP contribution in [0.5, 0.6) is 0 Å². The van der Waals surface area contributed by atoms with E-state index in [2.05, 4.69) is 15.4 Å². The molecule has 0 bridgehead atoms. The van der Waals surface area contributed by atoms with Gasteiger partial charge in [-0.2, -0.15) is 13.2 Å². The van der Waals surface area contributed by atoms with Crippen molar-refractivity contribution in [2.45, 2.75) is 13.1 Å². The molecule has 0 amide bonds. The summed E-state index contributed by atoms with van der Waals surface area (Å²) >= 11 is 0. The molecule has 1 N–H and O–H groups in total. The number of halogens is 3. The van der Waals surface area contributed by atoms with Crippen LogP contribution < -0.4 is 5.43 Å². The van der Waals surface area contributed by atoms with Crippen LogP contribution in [0, 0.1) is 0 Å². The fourth-order valence-electron chi connectivity index (χ4n) is 2.05. The lowest BCUT2D eigenvalue weighted by Gasteiger charge is -2.32. The molecular weight excluding hydrogens is 281 g/mol. The number of hydrazine groups is 1. The fourth-order valence-corrected chi connectivity index (χ4v) is 2.05. The molecule has 3 rings (SSSR count). The summed E-state index contributed by atoms with van der Waals surface area (Å²) in [6.45, 7) is 1.82. The second-order valence-corrected chi connectivity index (χ2v) is 4.62. The van der Waals surface area contributed by atoms with E-state index >= 15 is 0 Å². The number of alkyl halides is 3. The number of hydrogen-bond donors (Lipinski definition) is 1. The van der Waals surface area contributed by atoms with E-state index in [-0.39, 0.29) is 0 Å². The van der Waals surface area contributed by atoms with Gasteiger partial charge in [0.1, 0.15) is 0 Å². The highest BCUT2D eigenvalue weighted by Crippen LogP contribution is 2.32. The molecule has 0 fully saturated rings. The van der Waals surface area contributed by atoms with E-state index in [9.17, 15) is 13.2 Å². The molecule has 2 aliphatic heterocycles. The predicted octanol–water partition coefficient (Wildman–Crippen LogP) is 3.17. The zero-order valence-electron chi connectivity index (χ0n) is 11.0. The number of nitrogens with one attached hydrogen (secondary N) is 1. The van der Waals surface area contributed by atoms with Crippen molar-refractivity contribution >= 4 is 17.7 Å². The van der Waals surface area contributed by atoms with Gasteiger partial charge in [0, 0.05) is 17.5 Å². The molecule has 2 aliphatic rings. The number of aliphatic imine (C=N–C) groups is 2. The van der Waals surface area contributed by atoms with Gasteiger partial charge in [0.05, 0.1) is 23.7 Å². The summed E-state index contributed by atoms with van der Waals surface area (Å²) < 4.78 is 38.5. The van der Waals surface area contributed by atoms with Gasteiger partial charge in [-0.05, 0) is 19.1 Å². The topological polar surface area (TPSA) is 40.0 Å². The summed E-state index contributed by atoms with van der Waals surface area (Å²) in [6, 6.07) is 5.12. The first kappa shape index (κ1) is 13.4. The molecule has 0 saturated carbocycles. The minimum absolute atomic E-state index is 0.413. The van der Waals surface area contributed by atoms with Crippen molar-refractivity contribution in [1.29, 1.82) is 0 Å². The third-order valence-corrected chi connectivity index (χ3v) is 3.02. The summed E-state index contributed by atoms with van der Waals surface area (Å²) in [6.07, 6.45) is 0.288. The van der Waals surface area contributed by atoms with Gasteiger partial charge in [-0.3, -0.25) is 10.4 Å². The van der Waals surface area contributed by atoms with Gasteiger partial charge in [-0.1, -0.05) is 12.1 Å². The van der Waals surface area contributed by atoms with E-state index in [4.69, 9.17) is 0 Å². The minimum Gasteiger partial charge on any atom is -0.295 e. The summed E-state index contributed by atoms with van der Waals surface area (Å²) in [4.78, 5) is 8.21. The molecule has 21 heavy (non-hydrogen) atoms. The largest absolute Gasteiger partial charge is 0.416 e. The highest BCUT2D eigenvalue weighted by Gasteiger charge is 2.31. The maximum absolute atomic E-state index is 12.8. The Labute approximate surface area is 119 Å². The third kappa shape index (κ3) is 2.54. The number of nitrogens with zero attached hydrogens (tertiary/aromatic N) is 3. The Morgan fingerprint density at radius 3 is 2.76 bits per heavy atom. The molecule has 4 nitrogen and oxygen atoms in total. The molecule has 0 saturated heterocycles. The van der Waals surface area contributed by atoms with Crippen molar-refractivity contribution in [3.63, 3.8) is 0 Å². The standard InChI is InChI=1S/C14H11F3N4/c1-9-6-19-13-8-18-7-12(21(13)20-9)10-3-2-4-11(5-10)14(15,16)17/h2-8,20H,1H3. The summed E-state index contributed by atoms with van der Waals surface area (Å²) in [5.74, 6) is 0.524. The second-order valence-electron chi connectivity index (χ2n) is 4.62. The number of hydrogen-bond acceptors (Lipinski definition) is 4. The number of benzene rings is 1. The van der Waals surface area contributed by atoms with Crippen molar-refractivity contribution in [3.8, 4) is 0 Å². The average Bonchev–Trinajstić information content (AvgIpc) is 2.46. The Bertz CT molecular complexity index is 698. The van der Waals surface area contributed by atoms with Crippen LogP contribution >= 0.6 is 0 Å². The van der Waals surface area contributed by atoms with E-state index in [1.165, 1.54) is 18.5 Å². The third-order valence-electron chi connectivity index (χ3n) is 3.02. The maximum atomic E-state index is 12.8. The zero-order valence-corrected chi connectivity index (χ0v) is 11.0. The maximum Gasteiger partial charge on any atom is 0.416 e. The van der Waals surface area contributed by atoms with Crippen molar-refractivity contribution in [2.75, 3.05) is 0 Å². The quantitative estimate of drug-likeness (QED) is 0.863. The van der Waals surface area contributed by atoms with Gasteiger partial charge in [0.15, 0.2) is 5.84 Å². The van der Waals surface area contributed by atoms with E-state index in [1.807, 2.05) is 6.92 Å². The molecular formula is C14H11F3N4. The summed E-state index contributed by atoms with van der Waals surface area (Å²) in [5, 5.41) is 1.61. The average molecular weight is 292 g/mol. The van der Waals surface area contributed by atoms with Gasteiger partial charge >= 0.3 is 6.18 Å². The minimum atomic E-state index is -4.38. The lowest BCUT2D eigenvalue weighted by atomic mass is 10.1. The van der Waals surface area contributed by atoms with Crippen LogP contribution in [0.4, 0.5) is 13.2 Å². The predicted molar refractivity (Wildman–Crippen MR) is 74.1 cm³/mol. The first-order chi connectivity index (χ1) is 9.95. The van der Waals surface area contributed by atoms with Crippen LogP contribution in [-0.4, -0.2) is 17.1 Å². The van der Waals surface area contributed by atoms with Crippen LogP contribution in [-0.2, 0) is 6.18 Å². The zero-order chi connectivity index (χ0) is 15.0. The Balaban J connectivity index is 2.01. The molecule has 0 radical (unpaired) electrons. The van der Waals surface area contributed by atoms with Crippen molar-refractivity contribution < 1.29 is 13.2 Å². The molecule has 1 aromatic rings. The van der Waals surface area contributed by atoms with E-state index in [1.54, 1.807) is 17.3 Å². The van der Waals surface area contributed by atoms with Gasteiger partial charge < -0.3 is 0 Å². The molecule has 0 spiro atoms. The normalized spacial score (nSPS) is 17.5. The number of fused-ring (bicyclic) bond motifs is 1. The van der Waals surface area contributed by atoms with Crippen LogP contribution in [0.1, 0.15) is 18.1 Å². The molecule has 0 unspecified atom stereocenters. The first-order valence-corrected chi connectivity index (χ1v) is 6.17. The Morgan fingerprint density at radius 1 is 1.19 bits per heavy atom. The first-order valence-electron chi connectivity index (χ1n) is 6.17. The van der Waals surface area contributed by atoms with Gasteiger partial charge in [0.2, 0.25) is 0 Å². The number of amidine groups is 1. The molecule has 0 atom stereocenters. The summed E-state index contributed by atoms with van der Waals surface area (Å²) in [7, 11) is 0. The summed E-state index contributed by atoms with van der Waals surface area (Å²) in [5.41, 5.74) is 4.06.